The number of carboxylic acid groups (broad SMARTS) is 2. The Labute approximate surface area is 235 Å². The summed E-state index contributed by atoms with van der Waals surface area (Å²) < 4.78 is 6.24. The molecule has 0 atom stereocenters. The topological polar surface area (TPSA) is 87.1 Å². The lowest BCUT2D eigenvalue weighted by Gasteiger charge is -2.23. The van der Waals surface area contributed by atoms with E-state index in [1.165, 1.54) is 11.1 Å². The van der Waals surface area contributed by atoms with Gasteiger partial charge in [-0.25, -0.2) is 4.79 Å². The molecular formula is C34H35NO5. The van der Waals surface area contributed by atoms with Crippen molar-refractivity contribution in [2.24, 2.45) is 0 Å². The smallest absolute Gasteiger partial charge is 0.335 e. The van der Waals surface area contributed by atoms with E-state index in [1.54, 1.807) is 18.2 Å². The molecule has 4 aromatic rings. The summed E-state index contributed by atoms with van der Waals surface area (Å²) in [5, 5.41) is 18.4. The number of hydrogen-bond acceptors (Lipinski definition) is 4. The molecule has 40 heavy (non-hydrogen) atoms. The van der Waals surface area contributed by atoms with Gasteiger partial charge >= 0.3 is 11.9 Å². The van der Waals surface area contributed by atoms with Gasteiger partial charge in [0.05, 0.1) is 5.56 Å². The molecule has 0 amide bonds. The minimum Gasteiger partial charge on any atom is -0.489 e. The van der Waals surface area contributed by atoms with Crippen molar-refractivity contribution in [2.45, 2.75) is 38.8 Å². The Morgan fingerprint density at radius 1 is 0.700 bits per heavy atom. The quantitative estimate of drug-likeness (QED) is 0.160. The van der Waals surface area contributed by atoms with Crippen LogP contribution in [0.25, 0.3) is 11.1 Å². The molecule has 0 aliphatic carbocycles. The number of carbonyl (C=O) groups is 2. The minimum absolute atomic E-state index is 0.144. The fraction of sp³-hybridized carbons (Fsp3) is 0.235. The molecule has 0 bridgehead atoms. The van der Waals surface area contributed by atoms with E-state index < -0.39 is 11.9 Å². The van der Waals surface area contributed by atoms with Crippen molar-refractivity contribution in [3.63, 3.8) is 0 Å². The van der Waals surface area contributed by atoms with E-state index in [4.69, 9.17) is 9.84 Å². The number of ether oxygens (including phenoxy) is 1. The summed E-state index contributed by atoms with van der Waals surface area (Å²) in [7, 11) is 0. The molecule has 0 heterocycles. The molecule has 0 unspecified atom stereocenters. The van der Waals surface area contributed by atoms with Gasteiger partial charge in [-0.1, -0.05) is 84.9 Å². The Morgan fingerprint density at radius 2 is 1.43 bits per heavy atom. The van der Waals surface area contributed by atoms with E-state index in [0.29, 0.717) is 19.6 Å². The number of aromatic carboxylic acids is 1. The van der Waals surface area contributed by atoms with Crippen LogP contribution < -0.4 is 4.74 Å². The molecule has 0 spiro atoms. The summed E-state index contributed by atoms with van der Waals surface area (Å²) in [5.41, 5.74) is 5.72. The van der Waals surface area contributed by atoms with Crippen LogP contribution >= 0.6 is 0 Å². The molecule has 6 nitrogen and oxygen atoms in total. The van der Waals surface area contributed by atoms with Gasteiger partial charge in [0.25, 0.3) is 0 Å². The van der Waals surface area contributed by atoms with Gasteiger partial charge in [-0.05, 0) is 71.8 Å². The zero-order valence-electron chi connectivity index (χ0n) is 22.5. The number of nitrogens with zero attached hydrogens (tertiary/aromatic N) is 1. The lowest BCUT2D eigenvalue weighted by Crippen LogP contribution is -2.27. The maximum atomic E-state index is 11.4. The number of para-hydroxylation sites is 1. The van der Waals surface area contributed by atoms with Crippen LogP contribution in [0.4, 0.5) is 0 Å². The number of unbranched alkanes of at least 4 members (excludes halogenated alkanes) is 1. The molecular weight excluding hydrogens is 502 g/mol. The zero-order valence-corrected chi connectivity index (χ0v) is 22.5. The molecule has 0 aliphatic rings. The molecule has 0 radical (unpaired) electrons. The van der Waals surface area contributed by atoms with Gasteiger partial charge in [-0.2, -0.15) is 0 Å². The van der Waals surface area contributed by atoms with Crippen LogP contribution in [-0.2, 0) is 24.4 Å². The zero-order chi connectivity index (χ0) is 28.2. The van der Waals surface area contributed by atoms with Crippen molar-refractivity contribution in [1.29, 1.82) is 0 Å². The fourth-order valence-corrected chi connectivity index (χ4v) is 4.66. The van der Waals surface area contributed by atoms with Gasteiger partial charge in [0.1, 0.15) is 12.4 Å². The van der Waals surface area contributed by atoms with Gasteiger partial charge in [0.15, 0.2) is 0 Å². The first-order valence-corrected chi connectivity index (χ1v) is 13.6. The number of benzene rings is 4. The Morgan fingerprint density at radius 3 is 2.17 bits per heavy atom. The maximum absolute atomic E-state index is 11.4. The first-order valence-electron chi connectivity index (χ1n) is 13.6. The summed E-state index contributed by atoms with van der Waals surface area (Å²) >= 11 is 0. The largest absolute Gasteiger partial charge is 0.489 e. The second-order valence-corrected chi connectivity index (χ2v) is 9.84. The molecule has 206 valence electrons. The normalized spacial score (nSPS) is 10.9. The lowest BCUT2D eigenvalue weighted by molar-refractivity contribution is -0.137. The average molecular weight is 538 g/mol. The minimum atomic E-state index is -0.948. The number of carboxylic acids is 2. The molecule has 4 rings (SSSR count). The molecule has 4 aromatic carbocycles. The van der Waals surface area contributed by atoms with Gasteiger partial charge in [-0.15, -0.1) is 0 Å². The molecule has 0 aliphatic heterocycles. The van der Waals surface area contributed by atoms with Crippen LogP contribution in [0.1, 0.15) is 46.3 Å². The predicted octanol–water partition coefficient (Wildman–Crippen LogP) is 6.93. The van der Waals surface area contributed by atoms with Crippen LogP contribution in [0.5, 0.6) is 5.75 Å². The summed E-state index contributed by atoms with van der Waals surface area (Å²) in [6.07, 6.45) is 2.25. The van der Waals surface area contributed by atoms with E-state index in [1.807, 2.05) is 42.5 Å². The van der Waals surface area contributed by atoms with Crippen molar-refractivity contribution in [1.82, 2.24) is 4.90 Å². The molecule has 0 aromatic heterocycles. The van der Waals surface area contributed by atoms with Crippen molar-refractivity contribution >= 4 is 11.9 Å². The van der Waals surface area contributed by atoms with E-state index in [2.05, 4.69) is 47.4 Å². The van der Waals surface area contributed by atoms with Gasteiger partial charge < -0.3 is 14.9 Å². The highest BCUT2D eigenvalue weighted by Gasteiger charge is 2.12. The average Bonchev–Trinajstić information content (AvgIpc) is 2.98. The third-order valence-corrected chi connectivity index (χ3v) is 6.82. The van der Waals surface area contributed by atoms with Crippen LogP contribution in [0.2, 0.25) is 0 Å². The monoisotopic (exact) mass is 537 g/mol. The predicted molar refractivity (Wildman–Crippen MR) is 157 cm³/mol. The van der Waals surface area contributed by atoms with Crippen molar-refractivity contribution in [3.05, 3.63) is 125 Å². The second kappa shape index (κ2) is 14.7. The summed E-state index contributed by atoms with van der Waals surface area (Å²) in [4.78, 5) is 24.6. The van der Waals surface area contributed by atoms with E-state index in [-0.39, 0.29) is 12.0 Å². The maximum Gasteiger partial charge on any atom is 0.335 e. The molecule has 0 saturated carbocycles. The third-order valence-electron chi connectivity index (χ3n) is 6.82. The molecule has 0 saturated heterocycles. The second-order valence-electron chi connectivity index (χ2n) is 9.84. The highest BCUT2D eigenvalue weighted by molar-refractivity contribution is 5.87. The van der Waals surface area contributed by atoms with Gasteiger partial charge in [0.2, 0.25) is 0 Å². The van der Waals surface area contributed by atoms with Crippen LogP contribution in [-0.4, -0.2) is 40.1 Å². The number of rotatable bonds is 15. The first-order chi connectivity index (χ1) is 19.5. The van der Waals surface area contributed by atoms with E-state index in [0.717, 1.165) is 48.4 Å². The van der Waals surface area contributed by atoms with Crippen LogP contribution in [0.15, 0.2) is 103 Å². The SMILES string of the molecule is O=C(O)CCCCN(CCc1ccccc1OCc1ccc(-c2ccccc2)cc1)Cc1cccc(C(=O)O)c1. The summed E-state index contributed by atoms with van der Waals surface area (Å²) in [6.45, 7) is 2.51. The summed E-state index contributed by atoms with van der Waals surface area (Å²) in [5.74, 6) is -0.898. The molecule has 6 heteroatoms. The number of aliphatic carboxylic acids is 1. The lowest BCUT2D eigenvalue weighted by atomic mass is 10.0. The van der Waals surface area contributed by atoms with Crippen molar-refractivity contribution < 1.29 is 24.5 Å². The van der Waals surface area contributed by atoms with E-state index in [9.17, 15) is 14.7 Å². The highest BCUT2D eigenvalue weighted by Crippen LogP contribution is 2.23. The molecule has 2 N–H and O–H groups in total. The standard InChI is InChI=1S/C34H35NO5/c36-33(37)15-6-7-21-35(24-27-9-8-13-31(23-27)34(38)39)22-20-30-12-4-5-14-32(30)40-25-26-16-18-29(19-17-26)28-10-2-1-3-11-28/h1-5,8-14,16-19,23H,6-7,15,20-22,24-25H2,(H,36,37)(H,38,39). The first kappa shape index (κ1) is 28.6. The summed E-state index contributed by atoms with van der Waals surface area (Å²) in [6, 6.07) is 33.7. The Hall–Kier alpha value is -4.42. The van der Waals surface area contributed by atoms with E-state index >= 15 is 0 Å². The van der Waals surface area contributed by atoms with Crippen molar-refractivity contribution in [3.8, 4) is 16.9 Å². The van der Waals surface area contributed by atoms with Gasteiger partial charge in [0, 0.05) is 19.5 Å². The Kier molecular flexibility index (Phi) is 10.5. The fourth-order valence-electron chi connectivity index (χ4n) is 4.66. The highest BCUT2D eigenvalue weighted by atomic mass is 16.5. The number of hydrogen-bond donors (Lipinski definition) is 2. The van der Waals surface area contributed by atoms with Crippen LogP contribution in [0.3, 0.4) is 0 Å². The van der Waals surface area contributed by atoms with Crippen LogP contribution in [0, 0.1) is 0 Å². The molecule has 0 fully saturated rings. The Bertz CT molecular complexity index is 1390. The van der Waals surface area contributed by atoms with Gasteiger partial charge in [-0.3, -0.25) is 9.69 Å². The van der Waals surface area contributed by atoms with Crippen molar-refractivity contribution in [2.75, 3.05) is 13.1 Å². The third kappa shape index (κ3) is 8.82. The Balaban J connectivity index is 1.38.